The van der Waals surface area contributed by atoms with Crippen LogP contribution in [0.1, 0.15) is 58.6 Å². The van der Waals surface area contributed by atoms with Crippen molar-refractivity contribution in [2.75, 3.05) is 6.54 Å². The molecule has 1 aromatic carbocycles. The number of hydrogen-bond acceptors (Lipinski definition) is 4. The van der Waals surface area contributed by atoms with Crippen molar-refractivity contribution in [3.63, 3.8) is 0 Å². The lowest BCUT2D eigenvalue weighted by molar-refractivity contribution is -0.136. The molecule has 1 aliphatic heterocycles. The summed E-state index contributed by atoms with van der Waals surface area (Å²) in [4.78, 5) is 26.9. The number of carbonyl (C=O) groups is 2. The molecule has 2 aromatic rings. The van der Waals surface area contributed by atoms with Crippen LogP contribution in [0.4, 0.5) is 0 Å². The van der Waals surface area contributed by atoms with Crippen LogP contribution in [0.25, 0.3) is 0 Å². The van der Waals surface area contributed by atoms with E-state index < -0.39 is 12.1 Å². The summed E-state index contributed by atoms with van der Waals surface area (Å²) >= 11 is 1.31. The van der Waals surface area contributed by atoms with Crippen LogP contribution >= 0.6 is 11.3 Å². The zero-order chi connectivity index (χ0) is 20.6. The number of aliphatic hydroxyl groups is 1. The first-order valence-corrected chi connectivity index (χ1v) is 11.2. The highest BCUT2D eigenvalue weighted by Gasteiger charge is 2.27. The van der Waals surface area contributed by atoms with Gasteiger partial charge in [0.2, 0.25) is 5.91 Å². The smallest absolute Gasteiger partial charge is 0.345 e. The average Bonchev–Trinajstić information content (AvgIpc) is 3.18. The number of benzene rings is 1. The summed E-state index contributed by atoms with van der Waals surface area (Å²) in [5.74, 6) is -0.683. The number of thiophene rings is 1. The maximum absolute atomic E-state index is 12.5. The minimum Gasteiger partial charge on any atom is -0.477 e. The second-order valence-corrected chi connectivity index (χ2v) is 8.90. The first-order valence-electron chi connectivity index (χ1n) is 10.4. The Kier molecular flexibility index (Phi) is 7.83. The van der Waals surface area contributed by atoms with Gasteiger partial charge in [-0.25, -0.2) is 4.79 Å². The van der Waals surface area contributed by atoms with Gasteiger partial charge in [-0.1, -0.05) is 30.3 Å². The molecular weight excluding hydrogens is 386 g/mol. The van der Waals surface area contributed by atoms with Gasteiger partial charge in [0, 0.05) is 23.9 Å². The van der Waals surface area contributed by atoms with Crippen LogP contribution in [0.15, 0.2) is 42.5 Å². The lowest BCUT2D eigenvalue weighted by Gasteiger charge is -2.36. The Bertz CT molecular complexity index is 804. The van der Waals surface area contributed by atoms with Crippen molar-refractivity contribution in [2.24, 2.45) is 0 Å². The molecule has 0 aliphatic carbocycles. The highest BCUT2D eigenvalue weighted by molar-refractivity contribution is 7.13. The van der Waals surface area contributed by atoms with E-state index in [0.29, 0.717) is 30.7 Å². The molecule has 3 rings (SSSR count). The standard InChI is InChI=1S/C23H29NO4S/c25-19(16-17-6-2-1-3-7-17)12-11-18-8-4-10-22(26)24(18)15-5-9-20-13-14-21(29-20)23(27)28/h1-3,6-7,13-14,18-19,25H,4-5,8-12,15-16H2,(H,27,28)/t18-,19-/m1/s1. The number of likely N-dealkylation sites (tertiary alicyclic amines) is 1. The fourth-order valence-corrected chi connectivity index (χ4v) is 4.91. The number of amides is 1. The number of carboxylic acids is 1. The third kappa shape index (κ3) is 6.41. The van der Waals surface area contributed by atoms with Gasteiger partial charge in [-0.2, -0.15) is 0 Å². The molecule has 0 radical (unpaired) electrons. The summed E-state index contributed by atoms with van der Waals surface area (Å²) in [6.07, 6.45) is 5.89. The molecule has 0 spiro atoms. The van der Waals surface area contributed by atoms with E-state index in [2.05, 4.69) is 0 Å². The van der Waals surface area contributed by atoms with E-state index in [0.717, 1.165) is 42.5 Å². The molecule has 2 N–H and O–H groups in total. The predicted octanol–water partition coefficient (Wildman–Crippen LogP) is 4.14. The van der Waals surface area contributed by atoms with Crippen molar-refractivity contribution in [3.8, 4) is 0 Å². The number of aromatic carboxylic acids is 1. The third-order valence-corrected chi connectivity index (χ3v) is 6.66. The van der Waals surface area contributed by atoms with Crippen LogP contribution in [-0.2, 0) is 17.6 Å². The van der Waals surface area contributed by atoms with Crippen molar-refractivity contribution < 1.29 is 19.8 Å². The molecule has 29 heavy (non-hydrogen) atoms. The first-order chi connectivity index (χ1) is 14.0. The molecule has 1 fully saturated rings. The zero-order valence-electron chi connectivity index (χ0n) is 16.6. The number of aryl methyl sites for hydroxylation is 1. The van der Waals surface area contributed by atoms with E-state index in [1.165, 1.54) is 11.3 Å². The Hall–Kier alpha value is -2.18. The van der Waals surface area contributed by atoms with Gasteiger partial charge in [-0.05, 0) is 62.6 Å². The van der Waals surface area contributed by atoms with Gasteiger partial charge < -0.3 is 15.1 Å². The molecule has 156 valence electrons. The van der Waals surface area contributed by atoms with Crippen molar-refractivity contribution in [1.29, 1.82) is 0 Å². The normalized spacial score (nSPS) is 18.0. The Balaban J connectivity index is 1.47. The molecule has 1 aliphatic rings. The van der Waals surface area contributed by atoms with Gasteiger partial charge >= 0.3 is 5.97 Å². The molecule has 6 heteroatoms. The number of hydrogen-bond donors (Lipinski definition) is 2. The van der Waals surface area contributed by atoms with Crippen LogP contribution in [-0.4, -0.2) is 45.7 Å². The van der Waals surface area contributed by atoms with Crippen LogP contribution in [0.5, 0.6) is 0 Å². The molecule has 1 aromatic heterocycles. The number of carboxylic acid groups (broad SMARTS) is 1. The van der Waals surface area contributed by atoms with Gasteiger partial charge in [0.25, 0.3) is 0 Å². The van der Waals surface area contributed by atoms with Crippen molar-refractivity contribution in [1.82, 2.24) is 4.90 Å². The van der Waals surface area contributed by atoms with E-state index in [1.807, 2.05) is 41.3 Å². The molecule has 1 saturated heterocycles. The third-order valence-electron chi connectivity index (χ3n) is 5.53. The molecule has 0 bridgehead atoms. The van der Waals surface area contributed by atoms with E-state index in [1.54, 1.807) is 6.07 Å². The van der Waals surface area contributed by atoms with E-state index in [-0.39, 0.29) is 11.9 Å². The Morgan fingerprint density at radius 3 is 2.72 bits per heavy atom. The lowest BCUT2D eigenvalue weighted by Crippen LogP contribution is -2.44. The summed E-state index contributed by atoms with van der Waals surface area (Å²) < 4.78 is 0. The van der Waals surface area contributed by atoms with Crippen molar-refractivity contribution in [2.45, 2.75) is 63.5 Å². The fraction of sp³-hybridized carbons (Fsp3) is 0.478. The quantitative estimate of drug-likeness (QED) is 0.611. The number of nitrogens with zero attached hydrogens (tertiary/aromatic N) is 1. The van der Waals surface area contributed by atoms with Crippen LogP contribution in [0.2, 0.25) is 0 Å². The number of aliphatic hydroxyl groups excluding tert-OH is 1. The van der Waals surface area contributed by atoms with Crippen LogP contribution in [0, 0.1) is 0 Å². The van der Waals surface area contributed by atoms with Gasteiger partial charge in [-0.15, -0.1) is 11.3 Å². The summed E-state index contributed by atoms with van der Waals surface area (Å²) in [5, 5.41) is 19.4. The Morgan fingerprint density at radius 2 is 2.00 bits per heavy atom. The topological polar surface area (TPSA) is 77.8 Å². The van der Waals surface area contributed by atoms with Gasteiger partial charge in [0.15, 0.2) is 0 Å². The zero-order valence-corrected chi connectivity index (χ0v) is 17.4. The van der Waals surface area contributed by atoms with E-state index in [9.17, 15) is 14.7 Å². The molecule has 2 atom stereocenters. The number of piperidine rings is 1. The molecular formula is C23H29NO4S. The monoisotopic (exact) mass is 415 g/mol. The largest absolute Gasteiger partial charge is 0.477 e. The second-order valence-electron chi connectivity index (χ2n) is 7.73. The predicted molar refractivity (Wildman–Crippen MR) is 114 cm³/mol. The summed E-state index contributed by atoms with van der Waals surface area (Å²) in [6.45, 7) is 0.693. The Morgan fingerprint density at radius 1 is 1.21 bits per heavy atom. The van der Waals surface area contributed by atoms with Crippen molar-refractivity contribution in [3.05, 3.63) is 57.8 Å². The summed E-state index contributed by atoms with van der Waals surface area (Å²) in [7, 11) is 0. The number of rotatable bonds is 10. The summed E-state index contributed by atoms with van der Waals surface area (Å²) in [5.41, 5.74) is 1.13. The van der Waals surface area contributed by atoms with E-state index >= 15 is 0 Å². The van der Waals surface area contributed by atoms with Gasteiger partial charge in [0.1, 0.15) is 4.88 Å². The van der Waals surface area contributed by atoms with E-state index in [4.69, 9.17) is 5.11 Å². The Labute approximate surface area is 176 Å². The molecule has 5 nitrogen and oxygen atoms in total. The highest BCUT2D eigenvalue weighted by Crippen LogP contribution is 2.24. The number of carbonyl (C=O) groups excluding carboxylic acids is 1. The van der Waals surface area contributed by atoms with Crippen LogP contribution in [0.3, 0.4) is 0 Å². The minimum absolute atomic E-state index is 0.194. The van der Waals surface area contributed by atoms with Gasteiger partial charge in [0.05, 0.1) is 6.10 Å². The SMILES string of the molecule is O=C(O)c1ccc(CCCN2C(=O)CCC[C@@H]2CC[C@@H](O)Cc2ccccc2)s1. The lowest BCUT2D eigenvalue weighted by atomic mass is 9.94. The fourth-order valence-electron chi connectivity index (χ4n) is 4.02. The van der Waals surface area contributed by atoms with Crippen LogP contribution < -0.4 is 0 Å². The van der Waals surface area contributed by atoms with Gasteiger partial charge in [-0.3, -0.25) is 4.79 Å². The average molecular weight is 416 g/mol. The maximum Gasteiger partial charge on any atom is 0.345 e. The first kappa shape index (κ1) is 21.5. The minimum atomic E-state index is -0.887. The molecule has 1 amide bonds. The van der Waals surface area contributed by atoms with Crippen molar-refractivity contribution >= 4 is 23.2 Å². The molecule has 0 saturated carbocycles. The second kappa shape index (κ2) is 10.6. The highest BCUT2D eigenvalue weighted by atomic mass is 32.1. The molecule has 0 unspecified atom stereocenters. The summed E-state index contributed by atoms with van der Waals surface area (Å²) in [6, 6.07) is 13.7. The maximum atomic E-state index is 12.5. The molecule has 2 heterocycles.